The largest absolute Gasteiger partial charge is 0.348 e. The molecular formula is C24H28ClN3O3. The van der Waals surface area contributed by atoms with E-state index in [1.807, 2.05) is 45.0 Å². The van der Waals surface area contributed by atoms with Crippen molar-refractivity contribution in [1.82, 2.24) is 10.6 Å². The summed E-state index contributed by atoms with van der Waals surface area (Å²) in [7, 11) is 0. The molecule has 3 amide bonds. The molecule has 2 unspecified atom stereocenters. The summed E-state index contributed by atoms with van der Waals surface area (Å²) in [6.07, 6.45) is 1.91. The molecule has 0 saturated heterocycles. The van der Waals surface area contributed by atoms with Gasteiger partial charge in [-0.15, -0.1) is 0 Å². The maximum atomic E-state index is 12.9. The first-order valence-corrected chi connectivity index (χ1v) is 10.9. The van der Waals surface area contributed by atoms with Gasteiger partial charge in [0.15, 0.2) is 0 Å². The minimum atomic E-state index is -0.678. The number of anilines is 1. The van der Waals surface area contributed by atoms with E-state index in [4.69, 9.17) is 11.6 Å². The minimum Gasteiger partial charge on any atom is -0.348 e. The van der Waals surface area contributed by atoms with Crippen molar-refractivity contribution < 1.29 is 14.4 Å². The Kier molecular flexibility index (Phi) is 7.33. The monoisotopic (exact) mass is 441 g/mol. The second-order valence-corrected chi connectivity index (χ2v) is 8.75. The van der Waals surface area contributed by atoms with E-state index in [0.717, 1.165) is 24.1 Å². The zero-order valence-electron chi connectivity index (χ0n) is 17.9. The topological polar surface area (TPSA) is 87.3 Å². The Hall–Kier alpha value is -2.86. The quantitative estimate of drug-likeness (QED) is 0.570. The highest BCUT2D eigenvalue weighted by Gasteiger charge is 2.29. The number of rotatable bonds is 8. The first-order valence-electron chi connectivity index (χ1n) is 10.5. The maximum absolute atomic E-state index is 12.9. The molecular weight excluding hydrogens is 414 g/mol. The molecule has 0 bridgehead atoms. The highest BCUT2D eigenvalue weighted by molar-refractivity contribution is 6.30. The van der Waals surface area contributed by atoms with Crippen LogP contribution in [-0.4, -0.2) is 23.8 Å². The van der Waals surface area contributed by atoms with Crippen molar-refractivity contribution in [2.45, 2.75) is 45.7 Å². The molecule has 2 aromatic carbocycles. The molecule has 2 aromatic rings. The Labute approximate surface area is 187 Å². The van der Waals surface area contributed by atoms with Crippen molar-refractivity contribution in [1.29, 1.82) is 0 Å². The van der Waals surface area contributed by atoms with Crippen LogP contribution in [-0.2, 0) is 9.59 Å². The van der Waals surface area contributed by atoms with Crippen molar-refractivity contribution in [2.75, 3.05) is 5.32 Å². The molecule has 7 heteroatoms. The smallest absolute Gasteiger partial charge is 0.251 e. The van der Waals surface area contributed by atoms with Gasteiger partial charge < -0.3 is 16.0 Å². The molecule has 6 nitrogen and oxygen atoms in total. The number of benzene rings is 2. The number of hydrogen-bond donors (Lipinski definition) is 3. The van der Waals surface area contributed by atoms with Gasteiger partial charge in [0.25, 0.3) is 5.91 Å². The Morgan fingerprint density at radius 2 is 1.52 bits per heavy atom. The van der Waals surface area contributed by atoms with E-state index < -0.39 is 6.04 Å². The van der Waals surface area contributed by atoms with Crippen LogP contribution in [0.5, 0.6) is 0 Å². The molecule has 31 heavy (non-hydrogen) atoms. The predicted molar refractivity (Wildman–Crippen MR) is 122 cm³/mol. The van der Waals surface area contributed by atoms with Crippen LogP contribution in [0.3, 0.4) is 0 Å². The van der Waals surface area contributed by atoms with Crippen molar-refractivity contribution >= 4 is 35.0 Å². The Morgan fingerprint density at radius 1 is 0.903 bits per heavy atom. The van der Waals surface area contributed by atoms with Gasteiger partial charge in [-0.2, -0.15) is 0 Å². The fraction of sp³-hybridized carbons (Fsp3) is 0.375. The molecule has 0 aromatic heterocycles. The minimum absolute atomic E-state index is 0.0605. The summed E-state index contributed by atoms with van der Waals surface area (Å²) < 4.78 is 0. The summed E-state index contributed by atoms with van der Waals surface area (Å²) >= 11 is 5.87. The highest BCUT2D eigenvalue weighted by atomic mass is 35.5. The molecule has 1 aliphatic rings. The lowest BCUT2D eigenvalue weighted by atomic mass is 10.0. The van der Waals surface area contributed by atoms with Gasteiger partial charge in [0, 0.05) is 22.2 Å². The van der Waals surface area contributed by atoms with E-state index in [2.05, 4.69) is 16.0 Å². The summed E-state index contributed by atoms with van der Waals surface area (Å²) in [4.78, 5) is 37.3. The SMILES string of the molecule is CC(NC(=O)C(NC(=O)c1ccc(Cl)cc1)C(C)C)c1ccc(NC(=O)C2CC2)cc1. The van der Waals surface area contributed by atoms with Crippen LogP contribution in [0.15, 0.2) is 48.5 Å². The third kappa shape index (κ3) is 6.31. The highest BCUT2D eigenvalue weighted by Crippen LogP contribution is 2.30. The van der Waals surface area contributed by atoms with Gasteiger partial charge in [-0.3, -0.25) is 14.4 Å². The van der Waals surface area contributed by atoms with Gasteiger partial charge in [0.2, 0.25) is 11.8 Å². The van der Waals surface area contributed by atoms with Crippen LogP contribution < -0.4 is 16.0 Å². The van der Waals surface area contributed by atoms with Gasteiger partial charge >= 0.3 is 0 Å². The van der Waals surface area contributed by atoms with Gasteiger partial charge in [-0.25, -0.2) is 0 Å². The zero-order chi connectivity index (χ0) is 22.5. The maximum Gasteiger partial charge on any atom is 0.251 e. The average molecular weight is 442 g/mol. The summed E-state index contributed by atoms with van der Waals surface area (Å²) in [5.41, 5.74) is 2.10. The zero-order valence-corrected chi connectivity index (χ0v) is 18.7. The number of nitrogens with one attached hydrogen (secondary N) is 3. The molecule has 1 fully saturated rings. The second-order valence-electron chi connectivity index (χ2n) is 8.32. The third-order valence-corrected chi connectivity index (χ3v) is 5.58. The van der Waals surface area contributed by atoms with Crippen LogP contribution in [0.1, 0.15) is 55.6 Å². The molecule has 164 valence electrons. The third-order valence-electron chi connectivity index (χ3n) is 5.33. The van der Waals surface area contributed by atoms with Gasteiger partial charge in [0.05, 0.1) is 6.04 Å². The second kappa shape index (κ2) is 9.96. The van der Waals surface area contributed by atoms with Crippen LogP contribution in [0.2, 0.25) is 5.02 Å². The Balaban J connectivity index is 1.59. The molecule has 2 atom stereocenters. The van der Waals surface area contributed by atoms with Crippen LogP contribution >= 0.6 is 11.6 Å². The van der Waals surface area contributed by atoms with Crippen LogP contribution in [0, 0.1) is 11.8 Å². The summed E-state index contributed by atoms with van der Waals surface area (Å²) in [5.74, 6) is -0.465. The van der Waals surface area contributed by atoms with E-state index in [-0.39, 0.29) is 35.6 Å². The molecule has 0 radical (unpaired) electrons. The molecule has 0 spiro atoms. The number of hydrogen-bond acceptors (Lipinski definition) is 3. The summed E-state index contributed by atoms with van der Waals surface area (Å²) in [6.45, 7) is 5.65. The van der Waals surface area contributed by atoms with Crippen LogP contribution in [0.25, 0.3) is 0 Å². The lowest BCUT2D eigenvalue weighted by molar-refractivity contribution is -0.124. The standard InChI is InChI=1S/C24H28ClN3O3/c1-14(2)21(28-23(30)18-6-10-19(25)11-7-18)24(31)26-15(3)16-8-12-20(13-9-16)27-22(29)17-4-5-17/h6-15,17,21H,4-5H2,1-3H3,(H,26,31)(H,27,29)(H,28,30). The van der Waals surface area contributed by atoms with Crippen molar-refractivity contribution in [2.24, 2.45) is 11.8 Å². The molecule has 0 heterocycles. The fourth-order valence-electron chi connectivity index (χ4n) is 3.19. The molecule has 1 saturated carbocycles. The fourth-order valence-corrected chi connectivity index (χ4v) is 3.32. The lowest BCUT2D eigenvalue weighted by Gasteiger charge is -2.24. The van der Waals surface area contributed by atoms with Gasteiger partial charge in [0.1, 0.15) is 6.04 Å². The number of carbonyl (C=O) groups excluding carboxylic acids is 3. The number of carbonyl (C=O) groups is 3. The average Bonchev–Trinajstić information content (AvgIpc) is 3.58. The van der Waals surface area contributed by atoms with E-state index in [1.165, 1.54) is 0 Å². The van der Waals surface area contributed by atoms with Crippen molar-refractivity contribution in [3.63, 3.8) is 0 Å². The van der Waals surface area contributed by atoms with Gasteiger partial charge in [-0.05, 0) is 67.6 Å². The lowest BCUT2D eigenvalue weighted by Crippen LogP contribution is -2.50. The van der Waals surface area contributed by atoms with Gasteiger partial charge in [-0.1, -0.05) is 37.6 Å². The van der Waals surface area contributed by atoms with Crippen molar-refractivity contribution in [3.8, 4) is 0 Å². The van der Waals surface area contributed by atoms with Crippen LogP contribution in [0.4, 0.5) is 5.69 Å². The van der Waals surface area contributed by atoms with E-state index >= 15 is 0 Å². The van der Waals surface area contributed by atoms with Crippen molar-refractivity contribution in [3.05, 3.63) is 64.7 Å². The summed E-state index contributed by atoms with van der Waals surface area (Å²) in [5, 5.41) is 9.23. The Morgan fingerprint density at radius 3 is 2.06 bits per heavy atom. The Bertz CT molecular complexity index is 938. The molecule has 3 rings (SSSR count). The first-order chi connectivity index (χ1) is 14.7. The van der Waals surface area contributed by atoms with E-state index in [1.54, 1.807) is 24.3 Å². The molecule has 1 aliphatic carbocycles. The van der Waals surface area contributed by atoms with E-state index in [9.17, 15) is 14.4 Å². The number of halogens is 1. The first kappa shape index (κ1) is 22.8. The predicted octanol–water partition coefficient (Wildman–Crippen LogP) is 4.32. The summed E-state index contributed by atoms with van der Waals surface area (Å²) in [6, 6.07) is 13.0. The normalized spacial score (nSPS) is 15.1. The molecule has 3 N–H and O–H groups in total. The van der Waals surface area contributed by atoms with E-state index in [0.29, 0.717) is 10.6 Å². The molecule has 0 aliphatic heterocycles. The number of amides is 3.